The van der Waals surface area contributed by atoms with E-state index in [9.17, 15) is 66.7 Å². The summed E-state index contributed by atoms with van der Waals surface area (Å²) >= 11 is 0. The molecule has 0 rings (SSSR count). The van der Waals surface area contributed by atoms with E-state index in [1.807, 2.05) is 58.9 Å². The minimum absolute atomic E-state index is 0.0168. The highest BCUT2D eigenvalue weighted by molar-refractivity contribution is 6.90. The van der Waals surface area contributed by atoms with Crippen LogP contribution in [0.4, 0.5) is 57.1 Å². The average molecular weight is 785 g/mol. The Morgan fingerprint density at radius 3 is 1.21 bits per heavy atom. The Kier molecular flexibility index (Phi) is 14.3. The molecule has 0 radical (unpaired) electrons. The topological polar surface area (TPSA) is 80.3 Å². The van der Waals surface area contributed by atoms with Crippen LogP contribution in [0.1, 0.15) is 6.42 Å². The van der Waals surface area contributed by atoms with Gasteiger partial charge in [-0.05, 0) is 65.3 Å². The molecule has 0 spiro atoms. The van der Waals surface area contributed by atoms with Crippen LogP contribution in [0.15, 0.2) is 12.2 Å². The minimum atomic E-state index is -8.08. The fourth-order valence-electron chi connectivity index (χ4n) is 3.36. The van der Waals surface area contributed by atoms with Gasteiger partial charge in [-0.1, -0.05) is 0 Å². The fraction of sp³-hybridized carbons (Fsp3) is 0.826. The zero-order valence-electron chi connectivity index (χ0n) is 26.8. The van der Waals surface area contributed by atoms with Crippen molar-refractivity contribution in [3.05, 3.63) is 12.2 Å². The molecule has 0 saturated carbocycles. The molecule has 0 aromatic carbocycles. The van der Waals surface area contributed by atoms with Crippen molar-refractivity contribution in [1.82, 2.24) is 0 Å². The van der Waals surface area contributed by atoms with Gasteiger partial charge in [-0.2, -0.15) is 57.1 Å². The van der Waals surface area contributed by atoms with Crippen LogP contribution in [-0.2, 0) is 31.4 Å². The molecule has 47 heavy (non-hydrogen) atoms. The van der Waals surface area contributed by atoms with Gasteiger partial charge in [0.05, 0.1) is 6.61 Å². The molecule has 0 fully saturated rings. The van der Waals surface area contributed by atoms with Gasteiger partial charge in [0.25, 0.3) is 0 Å². The predicted octanol–water partition coefficient (Wildman–Crippen LogP) is 8.25. The van der Waals surface area contributed by atoms with Gasteiger partial charge in [0.1, 0.15) is 0 Å². The Balaban J connectivity index is 5.52. The van der Waals surface area contributed by atoms with Crippen molar-refractivity contribution in [2.45, 2.75) is 107 Å². The molecule has 0 aliphatic heterocycles. The first-order chi connectivity index (χ1) is 20.4. The van der Waals surface area contributed by atoms with E-state index >= 15 is 0 Å². The highest BCUT2D eigenvalue weighted by Crippen LogP contribution is 2.60. The lowest BCUT2D eigenvalue weighted by molar-refractivity contribution is -0.441. The Bertz CT molecular complexity index is 1070. The van der Waals surface area contributed by atoms with Crippen molar-refractivity contribution >= 4 is 45.7 Å². The molecule has 0 aliphatic rings. The molecule has 0 amide bonds. The number of alkyl halides is 13. The van der Waals surface area contributed by atoms with E-state index in [0.717, 1.165) is 0 Å². The van der Waals surface area contributed by atoms with E-state index < -0.39 is 88.1 Å². The standard InChI is InChI=1S/C23H37F13O7Si4/c1-44(2,3)41-47(42-45(4,5)6,43-46(7,8)9)14-10-13-39-16(37)11-12-17(38)40-15-18(24,25)19(26,27)20(28,29)21(30,31)22(32,33)23(34,35)36/h11-12H,10,13-15H2,1-9H3/b12-11+. The largest absolute Gasteiger partial charge is 0.469 e. The first-order valence-corrected chi connectivity index (χ1v) is 25.6. The molecule has 0 aliphatic carbocycles. The summed E-state index contributed by atoms with van der Waals surface area (Å²) in [7, 11) is -10.0. The summed E-state index contributed by atoms with van der Waals surface area (Å²) in [4.78, 5) is 23.5. The number of carbonyl (C=O) groups is 2. The van der Waals surface area contributed by atoms with Crippen LogP contribution < -0.4 is 0 Å². The van der Waals surface area contributed by atoms with Crippen LogP contribution in [0.5, 0.6) is 0 Å². The lowest BCUT2D eigenvalue weighted by Crippen LogP contribution is -2.70. The molecule has 0 unspecified atom stereocenters. The molecule has 24 heteroatoms. The van der Waals surface area contributed by atoms with Gasteiger partial charge in [0, 0.05) is 18.2 Å². The molecule has 0 atom stereocenters. The lowest BCUT2D eigenvalue weighted by atomic mass is 9.94. The number of esters is 2. The summed E-state index contributed by atoms with van der Waals surface area (Å²) in [5.41, 5.74) is 0. The van der Waals surface area contributed by atoms with Crippen LogP contribution in [0, 0.1) is 0 Å². The second kappa shape index (κ2) is 14.8. The van der Waals surface area contributed by atoms with Crippen LogP contribution >= 0.6 is 0 Å². The van der Waals surface area contributed by atoms with Gasteiger partial charge in [-0.15, -0.1) is 0 Å². The zero-order valence-corrected chi connectivity index (χ0v) is 30.8. The Hall–Kier alpha value is -1.48. The number of rotatable bonds is 18. The molecule has 0 N–H and O–H groups in total. The second-order valence-electron chi connectivity index (χ2n) is 13.0. The van der Waals surface area contributed by atoms with E-state index in [4.69, 9.17) is 17.1 Å². The Morgan fingerprint density at radius 2 is 0.872 bits per heavy atom. The average Bonchev–Trinajstić information content (AvgIpc) is 2.79. The maximum absolute atomic E-state index is 13.8. The Morgan fingerprint density at radius 1 is 0.532 bits per heavy atom. The number of hydrogen-bond acceptors (Lipinski definition) is 7. The number of halogens is 13. The molecule has 0 bridgehead atoms. The second-order valence-corrected chi connectivity index (χ2v) is 30.0. The van der Waals surface area contributed by atoms with Crippen molar-refractivity contribution in [2.75, 3.05) is 13.2 Å². The van der Waals surface area contributed by atoms with Gasteiger partial charge in [-0.3, -0.25) is 0 Å². The van der Waals surface area contributed by atoms with Crippen molar-refractivity contribution in [3.8, 4) is 0 Å². The molecular formula is C23H37F13O7Si4. The smallest absolute Gasteiger partial charge is 0.463 e. The van der Waals surface area contributed by atoms with Crippen LogP contribution in [0.3, 0.4) is 0 Å². The highest BCUT2D eigenvalue weighted by atomic mass is 28.5. The first kappa shape index (κ1) is 45.5. The molecule has 0 aromatic heterocycles. The summed E-state index contributed by atoms with van der Waals surface area (Å²) in [6.07, 6.45) is -7.22. The van der Waals surface area contributed by atoms with Crippen LogP contribution in [0.25, 0.3) is 0 Å². The van der Waals surface area contributed by atoms with Crippen LogP contribution in [0.2, 0.25) is 65.0 Å². The zero-order chi connectivity index (χ0) is 37.9. The third kappa shape index (κ3) is 12.4. The van der Waals surface area contributed by atoms with E-state index in [-0.39, 0.29) is 31.2 Å². The third-order valence-electron chi connectivity index (χ3n) is 5.01. The molecule has 0 heterocycles. The monoisotopic (exact) mass is 784 g/mol. The van der Waals surface area contributed by atoms with E-state index in [1.165, 1.54) is 0 Å². The van der Waals surface area contributed by atoms with E-state index in [2.05, 4.69) is 4.74 Å². The van der Waals surface area contributed by atoms with Crippen molar-refractivity contribution < 1.29 is 88.5 Å². The highest BCUT2D eigenvalue weighted by Gasteiger charge is 2.90. The lowest BCUT2D eigenvalue weighted by Gasteiger charge is -2.42. The summed E-state index contributed by atoms with van der Waals surface area (Å²) in [5.74, 6) is -41.7. The van der Waals surface area contributed by atoms with Crippen LogP contribution in [-0.4, -0.2) is 94.7 Å². The van der Waals surface area contributed by atoms with Gasteiger partial charge in [0.15, 0.2) is 31.6 Å². The number of carbonyl (C=O) groups excluding carboxylic acids is 2. The quantitative estimate of drug-likeness (QED) is 0.0456. The molecule has 0 saturated heterocycles. The van der Waals surface area contributed by atoms with Crippen molar-refractivity contribution in [1.29, 1.82) is 0 Å². The number of hydrogen-bond donors (Lipinski definition) is 0. The Labute approximate surface area is 266 Å². The predicted molar refractivity (Wildman–Crippen MR) is 150 cm³/mol. The van der Waals surface area contributed by atoms with Gasteiger partial charge < -0.3 is 21.8 Å². The first-order valence-electron chi connectivity index (χ1n) is 13.4. The summed E-state index contributed by atoms with van der Waals surface area (Å²) < 4.78 is 199. The van der Waals surface area contributed by atoms with Gasteiger partial charge >= 0.3 is 56.5 Å². The minimum Gasteiger partial charge on any atom is -0.463 e. The summed E-state index contributed by atoms with van der Waals surface area (Å²) in [6.45, 7) is 13.8. The van der Waals surface area contributed by atoms with E-state index in [1.54, 1.807) is 0 Å². The maximum atomic E-state index is 13.8. The molecule has 278 valence electrons. The normalized spacial score (nSPS) is 15.3. The van der Waals surface area contributed by atoms with E-state index in [0.29, 0.717) is 0 Å². The molecular weight excluding hydrogens is 748 g/mol. The summed E-state index contributed by atoms with van der Waals surface area (Å²) in [6, 6.07) is 0.201. The van der Waals surface area contributed by atoms with Gasteiger partial charge in [0.2, 0.25) is 0 Å². The van der Waals surface area contributed by atoms with Gasteiger partial charge in [-0.25, -0.2) is 9.59 Å². The van der Waals surface area contributed by atoms with Crippen molar-refractivity contribution in [2.24, 2.45) is 0 Å². The third-order valence-corrected chi connectivity index (χ3v) is 17.1. The molecule has 7 nitrogen and oxygen atoms in total. The molecule has 0 aromatic rings. The maximum Gasteiger partial charge on any atom is 0.469 e. The SMILES string of the molecule is C[Si](C)(C)O[Si](CCCOC(=O)/C=C/C(=O)OCC(F)(F)C(F)(F)C(F)(F)C(F)(F)C(F)(F)C(F)(F)F)(O[Si](C)(C)C)O[Si](C)(C)C. The fourth-order valence-corrected chi connectivity index (χ4v) is 18.0. The summed E-state index contributed by atoms with van der Waals surface area (Å²) in [5, 5.41) is 0. The van der Waals surface area contributed by atoms with Crippen molar-refractivity contribution in [3.63, 3.8) is 0 Å². The number of ether oxygens (including phenoxy) is 2.